The van der Waals surface area contributed by atoms with E-state index in [2.05, 4.69) is 31.8 Å². The van der Waals surface area contributed by atoms with E-state index in [0.717, 1.165) is 25.4 Å². The number of hydrogen-bond donors (Lipinski definition) is 1. The average molecular weight is 528 g/mol. The first kappa shape index (κ1) is 26.5. The molecule has 0 bridgehead atoms. The highest BCUT2D eigenvalue weighted by atomic mass is 35.5. The Bertz CT molecular complexity index is 1510. The Balaban J connectivity index is 2.17. The molecule has 1 N–H and O–H groups in total. The van der Waals surface area contributed by atoms with Crippen LogP contribution in [0.2, 0.25) is 0 Å². The molecule has 1 aliphatic rings. The maximum Gasteiger partial charge on any atom is 0.395 e. The van der Waals surface area contributed by atoms with Crippen molar-refractivity contribution < 1.29 is 21.6 Å². The van der Waals surface area contributed by atoms with Gasteiger partial charge >= 0.3 is 6.18 Å². The molecule has 0 fully saturated rings. The molecule has 2 aromatic rings. The van der Waals surface area contributed by atoms with Crippen molar-refractivity contribution >= 4 is 32.8 Å². The van der Waals surface area contributed by atoms with Crippen LogP contribution in [-0.2, 0) is 16.4 Å². The maximum atomic E-state index is 13.6. The van der Waals surface area contributed by atoms with Gasteiger partial charge in [-0.05, 0) is 37.1 Å². The van der Waals surface area contributed by atoms with Gasteiger partial charge in [0.05, 0.1) is 28.9 Å². The van der Waals surface area contributed by atoms with E-state index in [1.54, 1.807) is 6.92 Å². The fraction of sp³-hybridized carbons (Fsp3) is 0.318. The number of nitrogens with zero attached hydrogens (tertiary/aromatic N) is 4. The summed E-state index contributed by atoms with van der Waals surface area (Å²) in [6.07, 6.45) is -1.02. The molecule has 2 aromatic heterocycles. The quantitative estimate of drug-likeness (QED) is 0.574. The molecule has 0 radical (unpaired) electrons. The summed E-state index contributed by atoms with van der Waals surface area (Å²) in [5, 5.41) is 2.78. The van der Waals surface area contributed by atoms with Crippen LogP contribution in [0.3, 0.4) is 0 Å². The van der Waals surface area contributed by atoms with Crippen molar-refractivity contribution in [2.24, 2.45) is 4.99 Å². The van der Waals surface area contributed by atoms with E-state index in [9.17, 15) is 26.4 Å². The highest BCUT2D eigenvalue weighted by molar-refractivity contribution is 7.91. The Morgan fingerprint density at radius 3 is 2.43 bits per heavy atom. The number of alkyl halides is 3. The van der Waals surface area contributed by atoms with Crippen LogP contribution in [0.1, 0.15) is 38.1 Å². The zero-order chi connectivity index (χ0) is 26.1. The first-order chi connectivity index (χ1) is 16.2. The molecule has 1 atom stereocenters. The van der Waals surface area contributed by atoms with Crippen LogP contribution >= 0.6 is 11.6 Å². The number of rotatable bonds is 6. The van der Waals surface area contributed by atoms with Crippen LogP contribution in [0.25, 0.3) is 5.57 Å². The Hall–Kier alpha value is -3.12. The molecule has 8 nitrogen and oxygen atoms in total. The highest BCUT2D eigenvalue weighted by Gasteiger charge is 2.38. The van der Waals surface area contributed by atoms with Crippen molar-refractivity contribution in [3.63, 3.8) is 0 Å². The van der Waals surface area contributed by atoms with E-state index < -0.39 is 32.9 Å². The monoisotopic (exact) mass is 527 g/mol. The van der Waals surface area contributed by atoms with Gasteiger partial charge in [-0.25, -0.2) is 28.4 Å². The molecule has 0 aromatic carbocycles. The van der Waals surface area contributed by atoms with Gasteiger partial charge in [0, 0.05) is 18.0 Å². The zero-order valence-corrected chi connectivity index (χ0v) is 20.5. The molecular formula is C22H21ClF3N5O3S. The molecule has 3 rings (SSSR count). The van der Waals surface area contributed by atoms with Crippen LogP contribution in [0, 0.1) is 0 Å². The highest BCUT2D eigenvalue weighted by Crippen LogP contribution is 2.32. The Morgan fingerprint density at radius 2 is 1.86 bits per heavy atom. The van der Waals surface area contributed by atoms with E-state index in [-0.39, 0.29) is 44.7 Å². The summed E-state index contributed by atoms with van der Waals surface area (Å²) in [6, 6.07) is 1.03. The first-order valence-electron chi connectivity index (χ1n) is 10.3. The van der Waals surface area contributed by atoms with Crippen LogP contribution < -0.4 is 21.5 Å². The van der Waals surface area contributed by atoms with Gasteiger partial charge in [-0.15, -0.1) is 0 Å². The average Bonchev–Trinajstić information content (AvgIpc) is 2.98. The minimum absolute atomic E-state index is 0.0102. The zero-order valence-electron chi connectivity index (χ0n) is 18.9. The molecule has 0 spiro atoms. The Morgan fingerprint density at radius 1 is 1.23 bits per heavy atom. The van der Waals surface area contributed by atoms with Gasteiger partial charge in [0.25, 0.3) is 0 Å². The summed E-state index contributed by atoms with van der Waals surface area (Å²) in [5.41, 5.74) is -0.667. The van der Waals surface area contributed by atoms with Crippen molar-refractivity contribution in [1.29, 1.82) is 0 Å². The summed E-state index contributed by atoms with van der Waals surface area (Å²) < 4.78 is 64.6. The summed E-state index contributed by atoms with van der Waals surface area (Å²) >= 11 is 6.07. The van der Waals surface area contributed by atoms with E-state index in [1.165, 1.54) is 13.0 Å². The van der Waals surface area contributed by atoms with Crippen LogP contribution in [-0.4, -0.2) is 35.3 Å². The number of anilines is 1. The van der Waals surface area contributed by atoms with Crippen LogP contribution in [0.5, 0.6) is 0 Å². The minimum atomic E-state index is -4.70. The third kappa shape index (κ3) is 5.76. The molecule has 0 saturated carbocycles. The normalized spacial score (nSPS) is 15.0. The lowest BCUT2D eigenvalue weighted by Crippen LogP contribution is -2.29. The maximum absolute atomic E-state index is 13.6. The van der Waals surface area contributed by atoms with Crippen molar-refractivity contribution in [3.8, 4) is 0 Å². The van der Waals surface area contributed by atoms with Gasteiger partial charge in [0.2, 0.25) is 5.43 Å². The second-order valence-electron chi connectivity index (χ2n) is 7.71. The van der Waals surface area contributed by atoms with Crippen molar-refractivity contribution in [2.45, 2.75) is 44.3 Å². The van der Waals surface area contributed by atoms with Gasteiger partial charge in [-0.1, -0.05) is 25.1 Å². The minimum Gasteiger partial charge on any atom is -0.359 e. The smallest absolute Gasteiger partial charge is 0.359 e. The molecule has 0 saturated heterocycles. The lowest BCUT2D eigenvalue weighted by Gasteiger charge is -2.14. The standard InChI is InChI=1S/C22H21ClF3N5O3S/c1-5-35(33,34)14-8-27-18(28-9-14)10-29-21-20(32)15(13(4)22(24,25)26)7-16-19(31-21)12(3)11(2)6-17(23)30-16/h6-9,13H,2,5,10H2,1,3-4H3,(H,29,31). The predicted molar refractivity (Wildman–Crippen MR) is 125 cm³/mol. The number of allylic oxidation sites excluding steroid dienone is 2. The lowest BCUT2D eigenvalue weighted by molar-refractivity contribution is -0.146. The van der Waals surface area contributed by atoms with Crippen molar-refractivity contribution in [2.75, 3.05) is 11.1 Å². The largest absolute Gasteiger partial charge is 0.395 e. The Labute approximate surface area is 203 Å². The molecule has 0 amide bonds. The van der Waals surface area contributed by atoms with Gasteiger partial charge in [-0.2, -0.15) is 13.2 Å². The molecular weight excluding hydrogens is 507 g/mol. The molecule has 0 aliphatic carbocycles. The molecule has 3 heterocycles. The van der Waals surface area contributed by atoms with E-state index >= 15 is 0 Å². The van der Waals surface area contributed by atoms with Crippen LogP contribution in [0.15, 0.2) is 56.5 Å². The lowest BCUT2D eigenvalue weighted by atomic mass is 10.0. The third-order valence-electron chi connectivity index (χ3n) is 5.39. The second-order valence-corrected chi connectivity index (χ2v) is 10.4. The molecule has 186 valence electrons. The number of nitrogens with one attached hydrogen (secondary N) is 1. The van der Waals surface area contributed by atoms with Crippen molar-refractivity contribution in [3.05, 3.63) is 74.2 Å². The summed E-state index contributed by atoms with van der Waals surface area (Å²) in [6.45, 7) is 7.63. The SMILES string of the molecule is C=C1C=C(Cl)N=c2cc(C(C)C(F)(F)F)c(=O)c(NCc3ncc(S(=O)(=O)CC)cn3)nc2=C1C. The van der Waals surface area contributed by atoms with Crippen molar-refractivity contribution in [1.82, 2.24) is 15.0 Å². The summed E-state index contributed by atoms with van der Waals surface area (Å²) in [4.78, 5) is 29.4. The fourth-order valence-corrected chi connectivity index (χ4v) is 4.08. The number of halogens is 4. The van der Waals surface area contributed by atoms with Gasteiger partial charge in [0.15, 0.2) is 15.7 Å². The van der Waals surface area contributed by atoms with Crippen LogP contribution in [0.4, 0.5) is 19.0 Å². The summed E-state index contributed by atoms with van der Waals surface area (Å²) in [5.74, 6) is -2.53. The molecule has 13 heteroatoms. The topological polar surface area (TPSA) is 114 Å². The van der Waals surface area contributed by atoms with E-state index in [0.29, 0.717) is 11.1 Å². The van der Waals surface area contributed by atoms with Gasteiger partial charge in [-0.3, -0.25) is 4.79 Å². The Kier molecular flexibility index (Phi) is 7.46. The van der Waals surface area contributed by atoms with E-state index in [4.69, 9.17) is 11.6 Å². The third-order valence-corrected chi connectivity index (χ3v) is 7.27. The van der Waals surface area contributed by atoms with E-state index in [1.807, 2.05) is 0 Å². The van der Waals surface area contributed by atoms with Gasteiger partial charge < -0.3 is 5.32 Å². The fourth-order valence-electron chi connectivity index (χ4n) is 3.09. The first-order valence-corrected chi connectivity index (χ1v) is 12.3. The number of aromatic nitrogens is 3. The molecule has 35 heavy (non-hydrogen) atoms. The second kappa shape index (κ2) is 9.86. The number of fused-ring (bicyclic) bond motifs is 1. The molecule has 1 unspecified atom stereocenters. The van der Waals surface area contributed by atoms with Gasteiger partial charge in [0.1, 0.15) is 15.9 Å². The predicted octanol–water partition coefficient (Wildman–Crippen LogP) is 2.74. The molecule has 1 aliphatic heterocycles. The number of sulfone groups is 1. The summed E-state index contributed by atoms with van der Waals surface area (Å²) in [7, 11) is -3.51. The number of hydrogen-bond acceptors (Lipinski definition) is 8.